The summed E-state index contributed by atoms with van der Waals surface area (Å²) in [5.74, 6) is -1.09. The summed E-state index contributed by atoms with van der Waals surface area (Å²) < 4.78 is 1.02. The molecule has 1 aromatic carbocycles. The van der Waals surface area contributed by atoms with Gasteiger partial charge in [0.05, 0.1) is 0 Å². The molecule has 1 unspecified atom stereocenters. The molecular weight excluding hydrogens is 359 g/mol. The normalized spacial score (nSPS) is 11.5. The highest BCUT2D eigenvalue weighted by molar-refractivity contribution is 14.1. The van der Waals surface area contributed by atoms with Crippen LogP contribution in [0.2, 0.25) is 0 Å². The van der Waals surface area contributed by atoms with Gasteiger partial charge in [-0.2, -0.15) is 0 Å². The van der Waals surface area contributed by atoms with E-state index in [2.05, 4.69) is 39.8 Å². The van der Waals surface area contributed by atoms with E-state index in [1.54, 1.807) is 6.07 Å². The molecule has 0 aromatic heterocycles. The Morgan fingerprint density at radius 1 is 1.53 bits per heavy atom. The lowest BCUT2D eigenvalue weighted by molar-refractivity contribution is -0.139. The number of aliphatic carboxylic acids is 1. The maximum Gasteiger partial charge on any atom is 0.326 e. The molecule has 19 heavy (non-hydrogen) atoms. The Hall–Kier alpha value is -1.57. The lowest BCUT2D eigenvalue weighted by atomic mass is 10.2. The number of halogens is 1. The van der Waals surface area contributed by atoms with Crippen molar-refractivity contribution in [2.75, 3.05) is 5.32 Å². The van der Waals surface area contributed by atoms with E-state index in [1.165, 1.54) is 6.08 Å². The van der Waals surface area contributed by atoms with Crippen LogP contribution in [0.1, 0.15) is 12.0 Å². The van der Waals surface area contributed by atoms with Crippen LogP contribution < -0.4 is 10.6 Å². The molecule has 0 aliphatic carbocycles. The second-order valence-corrected chi connectivity index (χ2v) is 5.14. The zero-order valence-electron chi connectivity index (χ0n) is 10.4. The van der Waals surface area contributed by atoms with Gasteiger partial charge in [-0.25, -0.2) is 9.59 Å². The Bertz CT molecular complexity index is 503. The summed E-state index contributed by atoms with van der Waals surface area (Å²) in [6.07, 6.45) is 1.63. The van der Waals surface area contributed by atoms with Gasteiger partial charge in [-0.15, -0.1) is 6.58 Å². The molecule has 102 valence electrons. The molecule has 1 rings (SSSR count). The number of amides is 2. The molecule has 1 atom stereocenters. The quantitative estimate of drug-likeness (QED) is 0.548. The number of hydrogen-bond acceptors (Lipinski definition) is 2. The summed E-state index contributed by atoms with van der Waals surface area (Å²) in [4.78, 5) is 22.6. The van der Waals surface area contributed by atoms with Crippen molar-refractivity contribution in [1.29, 1.82) is 0 Å². The first-order valence-electron chi connectivity index (χ1n) is 5.61. The maximum absolute atomic E-state index is 11.7. The minimum atomic E-state index is -1.09. The molecule has 3 N–H and O–H groups in total. The predicted molar refractivity (Wildman–Crippen MR) is 82.3 cm³/mol. The van der Waals surface area contributed by atoms with Crippen LogP contribution in [0, 0.1) is 10.5 Å². The third-order valence-corrected chi connectivity index (χ3v) is 3.60. The maximum atomic E-state index is 11.7. The first-order chi connectivity index (χ1) is 8.93. The zero-order chi connectivity index (χ0) is 14.4. The first-order valence-corrected chi connectivity index (χ1v) is 6.69. The monoisotopic (exact) mass is 374 g/mol. The molecule has 0 heterocycles. The van der Waals surface area contributed by atoms with E-state index in [1.807, 2.05) is 19.1 Å². The van der Waals surface area contributed by atoms with Gasteiger partial charge in [0.25, 0.3) is 0 Å². The van der Waals surface area contributed by atoms with E-state index in [0.717, 1.165) is 9.13 Å². The number of hydrogen-bond donors (Lipinski definition) is 3. The summed E-state index contributed by atoms with van der Waals surface area (Å²) in [5, 5.41) is 13.9. The Morgan fingerprint density at radius 3 is 2.74 bits per heavy atom. The van der Waals surface area contributed by atoms with Gasteiger partial charge < -0.3 is 15.7 Å². The lowest BCUT2D eigenvalue weighted by Gasteiger charge is -2.13. The fourth-order valence-electron chi connectivity index (χ4n) is 1.38. The summed E-state index contributed by atoms with van der Waals surface area (Å²) in [6.45, 7) is 5.43. The molecule has 0 saturated carbocycles. The summed E-state index contributed by atoms with van der Waals surface area (Å²) in [7, 11) is 0. The van der Waals surface area contributed by atoms with E-state index in [9.17, 15) is 9.59 Å². The predicted octanol–water partition coefficient (Wildman–Crippen LogP) is 2.75. The minimum Gasteiger partial charge on any atom is -0.480 e. The third kappa shape index (κ3) is 4.90. The van der Waals surface area contributed by atoms with Gasteiger partial charge >= 0.3 is 12.0 Å². The molecule has 2 amide bonds. The minimum absolute atomic E-state index is 0.175. The van der Waals surface area contributed by atoms with Crippen LogP contribution in [0.15, 0.2) is 30.9 Å². The molecule has 1 aromatic rings. The summed E-state index contributed by atoms with van der Waals surface area (Å²) >= 11 is 2.17. The van der Waals surface area contributed by atoms with Crippen LogP contribution >= 0.6 is 22.6 Å². The van der Waals surface area contributed by atoms with Gasteiger partial charge in [-0.05, 0) is 53.6 Å². The average Bonchev–Trinajstić information content (AvgIpc) is 2.33. The van der Waals surface area contributed by atoms with Gasteiger partial charge in [0.15, 0.2) is 0 Å². The van der Waals surface area contributed by atoms with Gasteiger partial charge in [-0.3, -0.25) is 0 Å². The number of anilines is 1. The molecule has 0 spiro atoms. The van der Waals surface area contributed by atoms with Crippen molar-refractivity contribution < 1.29 is 14.7 Å². The molecule has 0 aliphatic rings. The van der Waals surface area contributed by atoms with Crippen LogP contribution in [0.4, 0.5) is 10.5 Å². The van der Waals surface area contributed by atoms with Crippen LogP contribution in [-0.4, -0.2) is 23.1 Å². The number of carbonyl (C=O) groups excluding carboxylic acids is 1. The standard InChI is InChI=1S/C13H15IN2O3/c1-3-4-11(12(17)18)16-13(19)15-9-6-5-8(2)10(14)7-9/h3,5-7,11H,1,4H2,2H3,(H,17,18)(H2,15,16,19). The Labute approximate surface area is 125 Å². The molecule has 0 fully saturated rings. The molecule has 5 nitrogen and oxygen atoms in total. The first kappa shape index (κ1) is 15.5. The smallest absolute Gasteiger partial charge is 0.326 e. The molecule has 0 saturated heterocycles. The third-order valence-electron chi connectivity index (χ3n) is 2.44. The van der Waals surface area contributed by atoms with Crippen molar-refractivity contribution in [2.45, 2.75) is 19.4 Å². The van der Waals surface area contributed by atoms with Crippen molar-refractivity contribution in [3.8, 4) is 0 Å². The van der Waals surface area contributed by atoms with Crippen LogP contribution in [0.3, 0.4) is 0 Å². The fourth-order valence-corrected chi connectivity index (χ4v) is 1.90. The average molecular weight is 374 g/mol. The van der Waals surface area contributed by atoms with E-state index in [4.69, 9.17) is 5.11 Å². The van der Waals surface area contributed by atoms with Crippen molar-refractivity contribution in [3.63, 3.8) is 0 Å². The SMILES string of the molecule is C=CCC(NC(=O)Nc1ccc(C)c(I)c1)C(=O)O. The topological polar surface area (TPSA) is 78.4 Å². The second-order valence-electron chi connectivity index (χ2n) is 3.98. The van der Waals surface area contributed by atoms with Gasteiger partial charge in [-0.1, -0.05) is 12.1 Å². The number of carboxylic acid groups (broad SMARTS) is 1. The molecule has 0 radical (unpaired) electrons. The highest BCUT2D eigenvalue weighted by Gasteiger charge is 2.18. The lowest BCUT2D eigenvalue weighted by Crippen LogP contribution is -2.42. The Kier molecular flexibility index (Phi) is 5.81. The fraction of sp³-hybridized carbons (Fsp3) is 0.231. The number of carboxylic acids is 1. The zero-order valence-corrected chi connectivity index (χ0v) is 12.6. The highest BCUT2D eigenvalue weighted by Crippen LogP contribution is 2.16. The van der Waals surface area contributed by atoms with Crippen molar-refractivity contribution >= 4 is 40.3 Å². The van der Waals surface area contributed by atoms with Crippen LogP contribution in [0.25, 0.3) is 0 Å². The molecule has 0 bridgehead atoms. The number of rotatable bonds is 5. The molecule has 6 heteroatoms. The molecule has 0 aliphatic heterocycles. The number of benzene rings is 1. The Morgan fingerprint density at radius 2 is 2.21 bits per heavy atom. The van der Waals surface area contributed by atoms with Crippen molar-refractivity contribution in [1.82, 2.24) is 5.32 Å². The van der Waals surface area contributed by atoms with E-state index >= 15 is 0 Å². The largest absolute Gasteiger partial charge is 0.480 e. The van der Waals surface area contributed by atoms with E-state index in [-0.39, 0.29) is 6.42 Å². The Balaban J connectivity index is 2.65. The van der Waals surface area contributed by atoms with Gasteiger partial charge in [0.2, 0.25) is 0 Å². The molecular formula is C13H15IN2O3. The number of aryl methyl sites for hydroxylation is 1. The van der Waals surface area contributed by atoms with Gasteiger partial charge in [0, 0.05) is 9.26 Å². The van der Waals surface area contributed by atoms with Gasteiger partial charge in [0.1, 0.15) is 6.04 Å². The van der Waals surface area contributed by atoms with Crippen molar-refractivity contribution in [3.05, 3.63) is 40.0 Å². The van der Waals surface area contributed by atoms with E-state index < -0.39 is 18.0 Å². The number of carbonyl (C=O) groups is 2. The summed E-state index contributed by atoms with van der Waals surface area (Å²) in [5.41, 5.74) is 1.73. The van der Waals surface area contributed by atoms with Crippen LogP contribution in [-0.2, 0) is 4.79 Å². The van der Waals surface area contributed by atoms with Crippen LogP contribution in [0.5, 0.6) is 0 Å². The highest BCUT2D eigenvalue weighted by atomic mass is 127. The second kappa shape index (κ2) is 7.13. The number of urea groups is 1. The summed E-state index contributed by atoms with van der Waals surface area (Å²) in [6, 6.07) is 3.95. The van der Waals surface area contributed by atoms with E-state index in [0.29, 0.717) is 5.69 Å². The number of nitrogens with one attached hydrogen (secondary N) is 2. The van der Waals surface area contributed by atoms with Crippen molar-refractivity contribution in [2.24, 2.45) is 0 Å².